The van der Waals surface area contributed by atoms with Crippen molar-refractivity contribution in [3.05, 3.63) is 72.3 Å². The number of halogens is 2. The summed E-state index contributed by atoms with van der Waals surface area (Å²) in [5, 5.41) is 12.0. The number of thiol groups is 1. The van der Waals surface area contributed by atoms with Crippen molar-refractivity contribution in [1.29, 1.82) is 5.26 Å². The third-order valence-corrected chi connectivity index (χ3v) is 6.02. The first kappa shape index (κ1) is 20.6. The van der Waals surface area contributed by atoms with Gasteiger partial charge in [-0.15, -0.1) is 4.36 Å². The van der Waals surface area contributed by atoms with Crippen molar-refractivity contribution in [2.24, 2.45) is 4.36 Å². The number of benzene rings is 1. The van der Waals surface area contributed by atoms with Gasteiger partial charge in [0, 0.05) is 23.1 Å². The number of anilines is 2. The summed E-state index contributed by atoms with van der Waals surface area (Å²) in [5.41, 5.74) is 1.55. The average Bonchev–Trinajstić information content (AvgIpc) is 3.21. The summed E-state index contributed by atoms with van der Waals surface area (Å²) in [6, 6.07) is 9.07. The standard InChI is InChI=1S/C21H17F2N5O2S/c1-31(29,27-12-24)11-13-4-6-25-19(8-13)28-20-9-16(18(23)10-26-20)14-2-3-17(22)15-5-7-30-21(14)15/h2-10,31H,11H2,1H3,(H,27,29)(H,25,26,28). The predicted molar refractivity (Wildman–Crippen MR) is 116 cm³/mol. The second-order valence-electron chi connectivity index (χ2n) is 6.93. The second-order valence-corrected chi connectivity index (χ2v) is 9.62. The van der Waals surface area contributed by atoms with Crippen LogP contribution in [0.2, 0.25) is 0 Å². The van der Waals surface area contributed by atoms with Crippen molar-refractivity contribution in [3.8, 4) is 17.3 Å². The highest BCUT2D eigenvalue weighted by Crippen LogP contribution is 2.33. The van der Waals surface area contributed by atoms with Gasteiger partial charge < -0.3 is 14.3 Å². The van der Waals surface area contributed by atoms with Gasteiger partial charge in [-0.1, -0.05) is 10.1 Å². The molecule has 2 N–H and O–H groups in total. The lowest BCUT2D eigenvalue weighted by Crippen LogP contribution is -2.10. The number of aromatic nitrogens is 2. The van der Waals surface area contributed by atoms with Gasteiger partial charge in [0.15, 0.2) is 0 Å². The molecule has 4 rings (SSSR count). The molecule has 0 saturated heterocycles. The van der Waals surface area contributed by atoms with Gasteiger partial charge in [0.2, 0.25) is 6.19 Å². The van der Waals surface area contributed by atoms with Gasteiger partial charge in [0.25, 0.3) is 0 Å². The van der Waals surface area contributed by atoms with Crippen molar-refractivity contribution >= 4 is 32.7 Å². The lowest BCUT2D eigenvalue weighted by molar-refractivity contribution is 0.607. The van der Waals surface area contributed by atoms with Gasteiger partial charge in [-0.25, -0.2) is 18.7 Å². The van der Waals surface area contributed by atoms with Crippen LogP contribution < -0.4 is 5.32 Å². The Balaban J connectivity index is 1.66. The average molecular weight is 441 g/mol. The molecule has 1 aromatic carbocycles. The molecule has 0 spiro atoms. The Bertz CT molecular complexity index is 1370. The number of rotatable bonds is 5. The highest BCUT2D eigenvalue weighted by atomic mass is 32.3. The molecule has 0 aliphatic rings. The minimum atomic E-state index is -2.74. The Kier molecular flexibility index (Phi) is 5.46. The number of hydrogen-bond donors (Lipinski definition) is 3. The highest BCUT2D eigenvalue weighted by molar-refractivity contribution is 7.98. The number of nitrogens with zero attached hydrogens (tertiary/aromatic N) is 4. The quantitative estimate of drug-likeness (QED) is 0.295. The van der Waals surface area contributed by atoms with E-state index in [0.29, 0.717) is 17.2 Å². The molecular weight excluding hydrogens is 424 g/mol. The summed E-state index contributed by atoms with van der Waals surface area (Å²) in [7, 11) is -2.74. The molecular formula is C21H17F2N5O2S. The summed E-state index contributed by atoms with van der Waals surface area (Å²) >= 11 is 0. The predicted octanol–water partition coefficient (Wildman–Crippen LogP) is 5.07. The van der Waals surface area contributed by atoms with Crippen molar-refractivity contribution in [3.63, 3.8) is 0 Å². The van der Waals surface area contributed by atoms with Gasteiger partial charge in [-0.05, 0) is 48.2 Å². The zero-order chi connectivity index (χ0) is 22.0. The van der Waals surface area contributed by atoms with E-state index in [2.05, 4.69) is 19.6 Å². The fourth-order valence-electron chi connectivity index (χ4n) is 3.20. The van der Waals surface area contributed by atoms with E-state index in [1.807, 2.05) is 0 Å². The Morgan fingerprint density at radius 2 is 1.94 bits per heavy atom. The van der Waals surface area contributed by atoms with E-state index in [4.69, 9.17) is 9.68 Å². The molecule has 0 amide bonds. The summed E-state index contributed by atoms with van der Waals surface area (Å²) in [6.07, 6.45) is 7.13. The van der Waals surface area contributed by atoms with E-state index in [0.717, 1.165) is 11.8 Å². The van der Waals surface area contributed by atoms with E-state index in [-0.39, 0.29) is 22.3 Å². The number of pyridine rings is 2. The summed E-state index contributed by atoms with van der Waals surface area (Å²) in [4.78, 5) is 8.25. The van der Waals surface area contributed by atoms with Crippen LogP contribution in [0.1, 0.15) is 5.56 Å². The summed E-state index contributed by atoms with van der Waals surface area (Å²) in [5.74, 6) is -0.0971. The maximum atomic E-state index is 14.5. The number of fused-ring (bicyclic) bond motifs is 1. The Hall–Kier alpha value is -3.68. The maximum Gasteiger partial charge on any atom is 0.212 e. The van der Waals surface area contributed by atoms with Crippen LogP contribution in [0.25, 0.3) is 22.1 Å². The Labute approximate surface area is 177 Å². The molecule has 0 unspecified atom stereocenters. The third kappa shape index (κ3) is 4.42. The molecule has 0 aliphatic heterocycles. The molecule has 0 fully saturated rings. The molecule has 3 aromatic heterocycles. The molecule has 0 radical (unpaired) electrons. The monoisotopic (exact) mass is 441 g/mol. The van der Waals surface area contributed by atoms with E-state index in [9.17, 15) is 13.3 Å². The number of nitriles is 1. The molecule has 31 heavy (non-hydrogen) atoms. The van der Waals surface area contributed by atoms with E-state index >= 15 is 0 Å². The Morgan fingerprint density at radius 3 is 2.74 bits per heavy atom. The summed E-state index contributed by atoms with van der Waals surface area (Å²) in [6.45, 7) is 0. The Morgan fingerprint density at radius 1 is 1.13 bits per heavy atom. The van der Waals surface area contributed by atoms with E-state index in [1.54, 1.807) is 24.5 Å². The van der Waals surface area contributed by atoms with Crippen molar-refractivity contribution in [2.75, 3.05) is 11.6 Å². The van der Waals surface area contributed by atoms with Crippen LogP contribution in [0, 0.1) is 23.1 Å². The van der Waals surface area contributed by atoms with Gasteiger partial charge >= 0.3 is 0 Å². The van der Waals surface area contributed by atoms with Crippen LogP contribution in [0.15, 0.2) is 63.8 Å². The first-order chi connectivity index (χ1) is 14.9. The maximum absolute atomic E-state index is 14.5. The van der Waals surface area contributed by atoms with Crippen molar-refractivity contribution < 1.29 is 17.8 Å². The first-order valence-corrected chi connectivity index (χ1v) is 11.4. The minimum Gasteiger partial charge on any atom is -0.464 e. The molecule has 7 nitrogen and oxygen atoms in total. The summed E-state index contributed by atoms with van der Waals surface area (Å²) < 4.78 is 47.7. The molecule has 4 aromatic rings. The van der Waals surface area contributed by atoms with Crippen LogP contribution in [0.4, 0.5) is 20.4 Å². The third-order valence-electron chi connectivity index (χ3n) is 4.53. The zero-order valence-corrected chi connectivity index (χ0v) is 17.1. The normalized spacial score (nSPS) is 11.8. The van der Waals surface area contributed by atoms with E-state index < -0.39 is 21.7 Å². The molecule has 10 heteroatoms. The SMILES string of the molecule is C[SH](O)(Cc1ccnc(Nc2cc(-c3ccc(F)c4ccoc34)c(F)cn2)c1)=NC#N. The van der Waals surface area contributed by atoms with Crippen molar-refractivity contribution in [2.45, 2.75) is 5.75 Å². The molecule has 0 atom stereocenters. The molecule has 3 heterocycles. The van der Waals surface area contributed by atoms with Gasteiger partial charge in [0.1, 0.15) is 28.9 Å². The lowest BCUT2D eigenvalue weighted by Gasteiger charge is -2.16. The number of furan rings is 1. The largest absolute Gasteiger partial charge is 0.464 e. The van der Waals surface area contributed by atoms with Gasteiger partial charge in [0.05, 0.1) is 17.8 Å². The van der Waals surface area contributed by atoms with Gasteiger partial charge in [-0.3, -0.25) is 0 Å². The molecule has 0 saturated carbocycles. The number of hydrogen-bond acceptors (Lipinski definition) is 6. The van der Waals surface area contributed by atoms with Crippen LogP contribution >= 0.6 is 0 Å². The molecule has 0 bridgehead atoms. The minimum absolute atomic E-state index is 0.190. The smallest absolute Gasteiger partial charge is 0.212 e. The second kappa shape index (κ2) is 8.22. The van der Waals surface area contributed by atoms with Crippen LogP contribution in [-0.4, -0.2) is 20.8 Å². The van der Waals surface area contributed by atoms with Crippen LogP contribution in [0.5, 0.6) is 0 Å². The van der Waals surface area contributed by atoms with Crippen LogP contribution in [0.3, 0.4) is 0 Å². The lowest BCUT2D eigenvalue weighted by atomic mass is 10.0. The molecule has 158 valence electrons. The zero-order valence-electron chi connectivity index (χ0n) is 16.3. The fraction of sp³-hybridized carbons (Fsp3) is 0.0952. The topological polar surface area (TPSA) is 107 Å². The number of nitrogens with one attached hydrogen (secondary N) is 1. The first-order valence-electron chi connectivity index (χ1n) is 9.09. The van der Waals surface area contributed by atoms with Crippen molar-refractivity contribution in [1.82, 2.24) is 9.97 Å². The van der Waals surface area contributed by atoms with Gasteiger partial charge in [-0.2, -0.15) is 5.26 Å². The molecule has 0 aliphatic carbocycles. The fourth-order valence-corrected chi connectivity index (χ4v) is 4.36. The highest BCUT2D eigenvalue weighted by Gasteiger charge is 2.15. The van der Waals surface area contributed by atoms with E-state index in [1.165, 1.54) is 36.8 Å². The van der Waals surface area contributed by atoms with Crippen LogP contribution in [-0.2, 0) is 15.9 Å².